The number of ether oxygens (including phenoxy) is 1. The average Bonchev–Trinajstić information content (AvgIpc) is 3.28. The molecule has 4 aliphatic rings. The Morgan fingerprint density at radius 3 is 2.36 bits per heavy atom. The largest absolute Gasteiger partial charge is 0.399 e. The molecule has 3 saturated carbocycles. The van der Waals surface area contributed by atoms with Gasteiger partial charge in [0.15, 0.2) is 23.0 Å². The van der Waals surface area contributed by atoms with E-state index in [1.165, 1.54) is 37.8 Å². The van der Waals surface area contributed by atoms with Crippen LogP contribution in [0.2, 0.25) is 0 Å². The van der Waals surface area contributed by atoms with Gasteiger partial charge in [0.1, 0.15) is 18.4 Å². The number of benzene rings is 2. The molecule has 0 amide bonds. The number of aliphatic hydroxyl groups is 3. The van der Waals surface area contributed by atoms with E-state index in [0.717, 1.165) is 15.9 Å². The number of halogens is 2. The number of carbonyl (C=O) groups is 2. The zero-order chi connectivity index (χ0) is 32.6. The van der Waals surface area contributed by atoms with E-state index in [2.05, 4.69) is 0 Å². The molecular formula is C35H39F2NO6S. The van der Waals surface area contributed by atoms with Gasteiger partial charge >= 0.3 is 0 Å². The number of rotatable bonds is 7. The van der Waals surface area contributed by atoms with E-state index in [-0.39, 0.29) is 31.3 Å². The van der Waals surface area contributed by atoms with E-state index in [0.29, 0.717) is 11.3 Å². The lowest BCUT2D eigenvalue weighted by atomic mass is 9.44. The average molecular weight is 640 g/mol. The second kappa shape index (κ2) is 10.8. The molecule has 0 aliphatic heterocycles. The molecule has 3 fully saturated rings. The summed E-state index contributed by atoms with van der Waals surface area (Å²) in [7, 11) is 0. The van der Waals surface area contributed by atoms with Crippen molar-refractivity contribution >= 4 is 29.0 Å². The van der Waals surface area contributed by atoms with Crippen LogP contribution in [-0.4, -0.2) is 57.0 Å². The van der Waals surface area contributed by atoms with Crippen LogP contribution in [0, 0.1) is 22.7 Å². The number of allylic oxidation sites excluding steroid dienone is 4. The fourth-order valence-corrected chi connectivity index (χ4v) is 9.72. The first-order chi connectivity index (χ1) is 21.1. The van der Waals surface area contributed by atoms with Gasteiger partial charge in [-0.1, -0.05) is 36.9 Å². The monoisotopic (exact) mass is 639 g/mol. The van der Waals surface area contributed by atoms with Crippen LogP contribution in [0.3, 0.4) is 0 Å². The number of Topliss-reactive ketones (excluding diaryl/α,β-unsaturated/α-hetero) is 1. The van der Waals surface area contributed by atoms with Crippen molar-refractivity contribution in [3.05, 3.63) is 77.9 Å². The first-order valence-electron chi connectivity index (χ1n) is 15.3. The van der Waals surface area contributed by atoms with Crippen LogP contribution in [0.5, 0.6) is 0 Å². The molecule has 0 spiro atoms. The Bertz CT molecular complexity index is 1580. The molecule has 240 valence electrons. The predicted molar refractivity (Wildman–Crippen MR) is 166 cm³/mol. The molecule has 9 atom stereocenters. The molecule has 0 unspecified atom stereocenters. The first kappa shape index (κ1) is 32.1. The Balaban J connectivity index is 1.33. The van der Waals surface area contributed by atoms with Gasteiger partial charge in [0.2, 0.25) is 0 Å². The van der Waals surface area contributed by atoms with Crippen molar-refractivity contribution in [3.8, 4) is 0 Å². The second-order valence-corrected chi connectivity index (χ2v) is 14.7. The molecule has 45 heavy (non-hydrogen) atoms. The maximum Gasteiger partial charge on any atom is 0.190 e. The summed E-state index contributed by atoms with van der Waals surface area (Å²) in [5, 5.41) is 33.6. The summed E-state index contributed by atoms with van der Waals surface area (Å²) in [5.74, 6) is -4.77. The number of anilines is 1. The Hall–Kier alpha value is -2.89. The van der Waals surface area contributed by atoms with Gasteiger partial charge < -0.3 is 25.8 Å². The van der Waals surface area contributed by atoms with Crippen LogP contribution in [0.4, 0.5) is 14.5 Å². The minimum atomic E-state index is -2.32. The molecule has 2 aromatic rings. The van der Waals surface area contributed by atoms with Crippen LogP contribution >= 0.6 is 11.8 Å². The lowest BCUT2D eigenvalue weighted by Gasteiger charge is -2.63. The van der Waals surface area contributed by atoms with E-state index in [1.54, 1.807) is 31.2 Å². The molecule has 5 N–H and O–H groups in total. The predicted octanol–water partition coefficient (Wildman–Crippen LogP) is 5.22. The van der Waals surface area contributed by atoms with Crippen LogP contribution in [0.15, 0.2) is 82.1 Å². The molecule has 0 heterocycles. The third kappa shape index (κ3) is 4.66. The van der Waals surface area contributed by atoms with Gasteiger partial charge in [-0.05, 0) is 99.6 Å². The van der Waals surface area contributed by atoms with Gasteiger partial charge in [0.25, 0.3) is 0 Å². The van der Waals surface area contributed by atoms with Crippen molar-refractivity contribution in [2.45, 2.75) is 85.6 Å². The Morgan fingerprint density at radius 1 is 1.11 bits per heavy atom. The number of alkyl halides is 2. The Kier molecular flexibility index (Phi) is 7.72. The summed E-state index contributed by atoms with van der Waals surface area (Å²) >= 11 is 1.50. The summed E-state index contributed by atoms with van der Waals surface area (Å²) in [4.78, 5) is 27.7. The van der Waals surface area contributed by atoms with Crippen molar-refractivity contribution in [2.24, 2.45) is 22.7 Å². The maximum absolute atomic E-state index is 17.5. The summed E-state index contributed by atoms with van der Waals surface area (Å²) in [6.07, 6.45) is 0.239. The zero-order valence-corrected chi connectivity index (χ0v) is 26.3. The van der Waals surface area contributed by atoms with Crippen LogP contribution in [0.25, 0.3) is 0 Å². The topological polar surface area (TPSA) is 130 Å². The third-order valence-electron chi connectivity index (χ3n) is 11.2. The van der Waals surface area contributed by atoms with Gasteiger partial charge in [0.05, 0.1) is 6.10 Å². The lowest BCUT2D eigenvalue weighted by molar-refractivity contribution is -0.299. The van der Waals surface area contributed by atoms with E-state index in [9.17, 15) is 24.9 Å². The zero-order valence-electron chi connectivity index (χ0n) is 25.5. The van der Waals surface area contributed by atoms with Gasteiger partial charge in [-0.3, -0.25) is 9.59 Å². The van der Waals surface area contributed by atoms with Crippen molar-refractivity contribution in [1.29, 1.82) is 0 Å². The van der Waals surface area contributed by atoms with Crippen LogP contribution < -0.4 is 5.73 Å². The molecule has 7 nitrogen and oxygen atoms in total. The highest BCUT2D eigenvalue weighted by Gasteiger charge is 2.76. The van der Waals surface area contributed by atoms with Gasteiger partial charge in [-0.2, -0.15) is 0 Å². The molecule has 0 bridgehead atoms. The summed E-state index contributed by atoms with van der Waals surface area (Å²) in [6, 6.07) is 14.4. The van der Waals surface area contributed by atoms with Crippen LogP contribution in [-0.2, 0) is 20.1 Å². The number of aliphatic hydroxyl groups excluding tert-OH is 2. The molecule has 0 saturated heterocycles. The molecule has 4 aliphatic carbocycles. The third-order valence-corrected chi connectivity index (χ3v) is 12.2. The number of ketones is 2. The minimum absolute atomic E-state index is 0.0179. The van der Waals surface area contributed by atoms with Crippen molar-refractivity contribution in [2.75, 3.05) is 12.3 Å². The smallest absolute Gasteiger partial charge is 0.190 e. The fraction of sp³-hybridized carbons (Fsp3) is 0.486. The Morgan fingerprint density at radius 2 is 1.73 bits per heavy atom. The number of nitrogen functional groups attached to an aromatic ring is 1. The highest BCUT2D eigenvalue weighted by atomic mass is 32.2. The number of hydrogen-bond acceptors (Lipinski definition) is 8. The number of hydrogen-bond donors (Lipinski definition) is 4. The van der Waals surface area contributed by atoms with E-state index >= 15 is 8.78 Å². The quantitative estimate of drug-likeness (QED) is 0.240. The van der Waals surface area contributed by atoms with E-state index in [4.69, 9.17) is 10.5 Å². The molecule has 0 radical (unpaired) electrons. The Labute approximate surface area is 265 Å². The normalized spacial score (nSPS) is 38.5. The second-order valence-electron chi connectivity index (χ2n) is 13.6. The standard InChI is InChI=1S/C35H39F2NO6S/c1-31-14-12-22(40)16-27(31)28(36)17-26-25-13-15-34(30(42)19-39,32(25,2)18-29(41)35(26,31)37)44-33(3,43)20-4-8-23(9-5-20)45-24-10-6-21(38)7-11-24/h4-12,14,16,25-26,28-29,39,41,43H,13,15,17-19,38H2,1-3H3/t25-,26-,28-,29-,31-,32-,33-,34-,35-/m0/s1. The minimum Gasteiger partial charge on any atom is -0.399 e. The summed E-state index contributed by atoms with van der Waals surface area (Å²) in [6.45, 7) is 3.75. The fourth-order valence-electron chi connectivity index (χ4n) is 8.90. The summed E-state index contributed by atoms with van der Waals surface area (Å²) in [5.41, 5.74) is -0.115. The van der Waals surface area contributed by atoms with Gasteiger partial charge in [0, 0.05) is 37.8 Å². The van der Waals surface area contributed by atoms with Crippen molar-refractivity contribution in [1.82, 2.24) is 0 Å². The number of nitrogens with two attached hydrogens (primary N) is 1. The molecule has 0 aromatic heterocycles. The molecular weight excluding hydrogens is 600 g/mol. The molecule has 2 aromatic carbocycles. The van der Waals surface area contributed by atoms with Crippen molar-refractivity contribution in [3.63, 3.8) is 0 Å². The van der Waals surface area contributed by atoms with Crippen molar-refractivity contribution < 1.29 is 38.4 Å². The number of fused-ring (bicyclic) bond motifs is 5. The molecule has 6 rings (SSSR count). The van der Waals surface area contributed by atoms with Gasteiger partial charge in [-0.15, -0.1) is 0 Å². The lowest BCUT2D eigenvalue weighted by Crippen LogP contribution is -2.71. The van der Waals surface area contributed by atoms with E-state index in [1.807, 2.05) is 24.3 Å². The summed E-state index contributed by atoms with van der Waals surface area (Å²) < 4.78 is 39.8. The van der Waals surface area contributed by atoms with Crippen LogP contribution in [0.1, 0.15) is 52.0 Å². The SMILES string of the molecule is C[C@](O)(O[C@]1(C(=O)CO)CC[C@H]2[C@@H]3C[C@H](F)C4=CC(=O)C=C[C@]4(C)[C@@]3(F)[C@@H](O)C[C@@]21C)c1ccc(Sc2ccc(N)cc2)cc1. The maximum atomic E-state index is 17.5. The highest BCUT2D eigenvalue weighted by molar-refractivity contribution is 7.99. The first-order valence-corrected chi connectivity index (χ1v) is 16.1. The van der Waals surface area contributed by atoms with E-state index < -0.39 is 70.2 Å². The number of carbonyl (C=O) groups excluding carboxylic acids is 2. The highest BCUT2D eigenvalue weighted by Crippen LogP contribution is 2.71. The molecule has 10 heteroatoms. The van der Waals surface area contributed by atoms with Gasteiger partial charge in [-0.25, -0.2) is 8.78 Å².